The third-order valence-corrected chi connectivity index (χ3v) is 9.13. The highest BCUT2D eigenvalue weighted by Crippen LogP contribution is 2.33. The van der Waals surface area contributed by atoms with Gasteiger partial charge in [0.25, 0.3) is 10.0 Å². The van der Waals surface area contributed by atoms with E-state index >= 15 is 0 Å². The Kier molecular flexibility index (Phi) is 11.1. The maximum absolute atomic E-state index is 14.1. The van der Waals surface area contributed by atoms with Gasteiger partial charge < -0.3 is 15.0 Å². The first-order valence-electron chi connectivity index (χ1n) is 13.1. The maximum atomic E-state index is 14.1. The number of rotatable bonds is 12. The second kappa shape index (κ2) is 14.1. The molecule has 0 aromatic heterocycles. The average Bonchev–Trinajstić information content (AvgIpc) is 2.95. The lowest BCUT2D eigenvalue weighted by atomic mass is 10.1. The predicted octanol–water partition coefficient (Wildman–Crippen LogP) is 5.84. The SMILES string of the molecule is CCC(C)NC(=O)C(C)N(Cc1ccc(Cl)cc1Cl)C(=O)CN(c1ccccc1OC)S(=O)(=O)c1ccc(C)cc1. The highest BCUT2D eigenvalue weighted by Gasteiger charge is 2.34. The van der Waals surface area contributed by atoms with Gasteiger partial charge in [-0.15, -0.1) is 0 Å². The van der Waals surface area contributed by atoms with E-state index in [1.165, 1.54) is 24.1 Å². The smallest absolute Gasteiger partial charge is 0.264 e. The van der Waals surface area contributed by atoms with Crippen molar-refractivity contribution in [3.63, 3.8) is 0 Å². The van der Waals surface area contributed by atoms with Gasteiger partial charge in [0.05, 0.1) is 17.7 Å². The maximum Gasteiger partial charge on any atom is 0.264 e. The van der Waals surface area contributed by atoms with Crippen LogP contribution in [0.5, 0.6) is 5.75 Å². The molecule has 0 saturated carbocycles. The first-order valence-corrected chi connectivity index (χ1v) is 15.3. The molecule has 11 heteroatoms. The third kappa shape index (κ3) is 7.93. The molecule has 0 bridgehead atoms. The normalized spacial score (nSPS) is 12.8. The molecule has 2 unspecified atom stereocenters. The molecule has 0 fully saturated rings. The lowest BCUT2D eigenvalue weighted by molar-refractivity contribution is -0.139. The fourth-order valence-corrected chi connectivity index (χ4v) is 5.96. The zero-order chi connectivity index (χ0) is 30.3. The Labute approximate surface area is 252 Å². The Morgan fingerprint density at radius 3 is 2.27 bits per heavy atom. The number of carbonyl (C=O) groups is 2. The van der Waals surface area contributed by atoms with Crippen LogP contribution in [0.25, 0.3) is 0 Å². The van der Waals surface area contributed by atoms with Crippen LogP contribution in [0.15, 0.2) is 71.6 Å². The van der Waals surface area contributed by atoms with Crippen LogP contribution in [0.1, 0.15) is 38.3 Å². The van der Waals surface area contributed by atoms with E-state index in [1.807, 2.05) is 20.8 Å². The number of para-hydroxylation sites is 2. The topological polar surface area (TPSA) is 96.0 Å². The Morgan fingerprint density at radius 2 is 1.66 bits per heavy atom. The zero-order valence-corrected chi connectivity index (χ0v) is 26.1. The number of aryl methyl sites for hydroxylation is 1. The lowest BCUT2D eigenvalue weighted by Crippen LogP contribution is -2.52. The molecule has 3 aromatic carbocycles. The summed E-state index contributed by atoms with van der Waals surface area (Å²) < 4.78 is 34.5. The molecule has 2 atom stereocenters. The number of sulfonamides is 1. The first kappa shape index (κ1) is 32.2. The van der Waals surface area contributed by atoms with Crippen molar-refractivity contribution in [1.82, 2.24) is 10.2 Å². The van der Waals surface area contributed by atoms with Gasteiger partial charge in [-0.25, -0.2) is 8.42 Å². The van der Waals surface area contributed by atoms with Crippen molar-refractivity contribution in [2.75, 3.05) is 18.0 Å². The Bertz CT molecular complexity index is 1480. The third-order valence-electron chi connectivity index (χ3n) is 6.77. The molecule has 2 amide bonds. The van der Waals surface area contributed by atoms with Gasteiger partial charge in [0.1, 0.15) is 18.3 Å². The Morgan fingerprint density at radius 1 is 1.00 bits per heavy atom. The summed E-state index contributed by atoms with van der Waals surface area (Å²) in [6.45, 7) is 6.61. The van der Waals surface area contributed by atoms with Crippen molar-refractivity contribution in [3.05, 3.63) is 87.9 Å². The number of hydrogen-bond donors (Lipinski definition) is 1. The standard InChI is InChI=1S/C30H35Cl2N3O5S/c1-6-21(3)33-30(37)22(4)34(18-23-13-14-24(31)17-26(23)32)29(36)19-35(27-9-7-8-10-28(27)40-5)41(38,39)25-15-11-20(2)12-16-25/h7-17,21-22H,6,18-19H2,1-5H3,(H,33,37). The monoisotopic (exact) mass is 619 g/mol. The second-order valence-electron chi connectivity index (χ2n) is 9.75. The first-order chi connectivity index (χ1) is 19.4. The molecular formula is C30H35Cl2N3O5S. The average molecular weight is 621 g/mol. The van der Waals surface area contributed by atoms with Crippen LogP contribution in [0.4, 0.5) is 5.69 Å². The molecule has 0 aliphatic rings. The van der Waals surface area contributed by atoms with E-state index in [-0.39, 0.29) is 34.8 Å². The van der Waals surface area contributed by atoms with Crippen molar-refractivity contribution in [1.29, 1.82) is 0 Å². The van der Waals surface area contributed by atoms with Crippen LogP contribution in [-0.4, -0.2) is 50.9 Å². The zero-order valence-electron chi connectivity index (χ0n) is 23.7. The molecule has 0 aliphatic heterocycles. The van der Waals surface area contributed by atoms with Gasteiger partial charge >= 0.3 is 0 Å². The number of amides is 2. The molecule has 0 heterocycles. The molecular weight excluding hydrogens is 585 g/mol. The number of benzene rings is 3. The van der Waals surface area contributed by atoms with E-state index in [4.69, 9.17) is 27.9 Å². The quantitative estimate of drug-likeness (QED) is 0.275. The van der Waals surface area contributed by atoms with Crippen molar-refractivity contribution in [3.8, 4) is 5.75 Å². The number of hydrogen-bond acceptors (Lipinski definition) is 5. The van der Waals surface area contributed by atoms with Gasteiger partial charge in [-0.1, -0.05) is 66.0 Å². The van der Waals surface area contributed by atoms with E-state index in [1.54, 1.807) is 61.5 Å². The van der Waals surface area contributed by atoms with Crippen LogP contribution in [-0.2, 0) is 26.2 Å². The summed E-state index contributed by atoms with van der Waals surface area (Å²) in [6.07, 6.45) is 0.700. The minimum Gasteiger partial charge on any atom is -0.495 e. The summed E-state index contributed by atoms with van der Waals surface area (Å²) in [7, 11) is -2.80. The number of nitrogens with one attached hydrogen (secondary N) is 1. The summed E-state index contributed by atoms with van der Waals surface area (Å²) in [5.41, 5.74) is 1.62. The molecule has 41 heavy (non-hydrogen) atoms. The number of methoxy groups -OCH3 is 1. The van der Waals surface area contributed by atoms with Gasteiger partial charge in [-0.2, -0.15) is 0 Å². The molecule has 0 aliphatic carbocycles. The fraction of sp³-hybridized carbons (Fsp3) is 0.333. The van der Waals surface area contributed by atoms with Crippen molar-refractivity contribution < 1.29 is 22.7 Å². The highest BCUT2D eigenvalue weighted by atomic mass is 35.5. The number of carbonyl (C=O) groups excluding carboxylic acids is 2. The lowest BCUT2D eigenvalue weighted by Gasteiger charge is -2.33. The molecule has 0 spiro atoms. The highest BCUT2D eigenvalue weighted by molar-refractivity contribution is 7.92. The van der Waals surface area contributed by atoms with Crippen LogP contribution < -0.4 is 14.4 Å². The van der Waals surface area contributed by atoms with Crippen molar-refractivity contribution in [2.24, 2.45) is 0 Å². The van der Waals surface area contributed by atoms with Gasteiger partial charge in [0.15, 0.2) is 0 Å². The van der Waals surface area contributed by atoms with E-state index < -0.39 is 28.5 Å². The van der Waals surface area contributed by atoms with Crippen molar-refractivity contribution in [2.45, 2.75) is 57.6 Å². The number of anilines is 1. The molecule has 0 saturated heterocycles. The van der Waals surface area contributed by atoms with Crippen LogP contribution >= 0.6 is 23.2 Å². The van der Waals surface area contributed by atoms with Crippen LogP contribution in [0, 0.1) is 6.92 Å². The van der Waals surface area contributed by atoms with E-state index in [0.29, 0.717) is 22.0 Å². The molecule has 8 nitrogen and oxygen atoms in total. The summed E-state index contributed by atoms with van der Waals surface area (Å²) in [5, 5.41) is 3.64. The predicted molar refractivity (Wildman–Crippen MR) is 163 cm³/mol. The molecule has 3 aromatic rings. The van der Waals surface area contributed by atoms with E-state index in [0.717, 1.165) is 9.87 Å². The van der Waals surface area contributed by atoms with Gasteiger partial charge in [0, 0.05) is 22.6 Å². The second-order valence-corrected chi connectivity index (χ2v) is 12.5. The van der Waals surface area contributed by atoms with E-state index in [2.05, 4.69) is 5.32 Å². The number of nitrogens with zero attached hydrogens (tertiary/aromatic N) is 2. The summed E-state index contributed by atoms with van der Waals surface area (Å²) >= 11 is 12.5. The number of halogens is 2. The largest absolute Gasteiger partial charge is 0.495 e. The van der Waals surface area contributed by atoms with Crippen LogP contribution in [0.3, 0.4) is 0 Å². The minimum atomic E-state index is -4.23. The van der Waals surface area contributed by atoms with Gasteiger partial charge in [-0.3, -0.25) is 13.9 Å². The van der Waals surface area contributed by atoms with Crippen LogP contribution in [0.2, 0.25) is 10.0 Å². The summed E-state index contributed by atoms with van der Waals surface area (Å²) in [4.78, 5) is 28.6. The molecule has 3 rings (SSSR count). The summed E-state index contributed by atoms with van der Waals surface area (Å²) in [5.74, 6) is -0.710. The number of ether oxygens (including phenoxy) is 1. The molecule has 1 N–H and O–H groups in total. The van der Waals surface area contributed by atoms with Gasteiger partial charge in [0.2, 0.25) is 11.8 Å². The fourth-order valence-electron chi connectivity index (χ4n) is 4.07. The molecule has 0 radical (unpaired) electrons. The Hall–Kier alpha value is -3.27. The summed E-state index contributed by atoms with van der Waals surface area (Å²) in [6, 6.07) is 16.7. The molecule has 220 valence electrons. The van der Waals surface area contributed by atoms with E-state index in [9.17, 15) is 18.0 Å². The van der Waals surface area contributed by atoms with Crippen molar-refractivity contribution >= 4 is 50.7 Å². The minimum absolute atomic E-state index is 0.0108. The Balaban J connectivity index is 2.08. The van der Waals surface area contributed by atoms with Gasteiger partial charge in [-0.05, 0) is 69.2 Å².